The molecule has 8 nitrogen and oxygen atoms in total. The van der Waals surface area contributed by atoms with Crippen molar-refractivity contribution in [3.8, 4) is 0 Å². The van der Waals surface area contributed by atoms with Crippen molar-refractivity contribution in [1.82, 2.24) is 5.32 Å². The number of allylic oxidation sites excluding steroid dienone is 1. The van der Waals surface area contributed by atoms with Gasteiger partial charge in [-0.25, -0.2) is 0 Å². The van der Waals surface area contributed by atoms with E-state index in [-0.39, 0.29) is 64.5 Å². The van der Waals surface area contributed by atoms with Gasteiger partial charge in [0.2, 0.25) is 0 Å². The minimum absolute atomic E-state index is 0.0255. The number of carbonyl (C=O) groups excluding carboxylic acids is 2. The number of esters is 1. The lowest BCUT2D eigenvalue weighted by Gasteiger charge is -2.72. The standard InChI is InChI=1S/C45H67NO7/c1-27(2)37-31(48)23-45(34(49)25-46-30(26-47)28-13-11-10-12-14-28)22-21-43(8)29(38(37)45)15-16-33-42(7)19-18-35(53-36(50)24-40(3,4)39(51)52)41(5,6)32(42)17-20-44(33,43)9/h10-14,27,29-30,32-35,46-47,49H,15-26H2,1-9H3,(H,51,52)/t29?,30-,32-,33+,34+,35-,42-,43+,44+,45-/m0/s1. The molecule has 10 atom stereocenters. The summed E-state index contributed by atoms with van der Waals surface area (Å²) in [6.07, 6.45) is 6.81. The number of Topliss-reactive ketones (excluding diaryl/α,β-unsaturated/α-hetero) is 1. The monoisotopic (exact) mass is 733 g/mol. The maximum atomic E-state index is 14.1. The molecule has 53 heavy (non-hydrogen) atoms. The number of nitrogens with one attached hydrogen (secondary N) is 1. The van der Waals surface area contributed by atoms with Crippen LogP contribution in [0.15, 0.2) is 41.5 Å². The Morgan fingerprint density at radius 2 is 1.60 bits per heavy atom. The summed E-state index contributed by atoms with van der Waals surface area (Å²) < 4.78 is 6.16. The molecule has 4 fully saturated rings. The van der Waals surface area contributed by atoms with Gasteiger partial charge in [0.15, 0.2) is 5.78 Å². The lowest BCUT2D eigenvalue weighted by Crippen LogP contribution is -2.66. The number of carboxylic acids is 1. The molecule has 1 aromatic carbocycles. The van der Waals surface area contributed by atoms with E-state index in [4.69, 9.17) is 4.74 Å². The molecule has 0 amide bonds. The first-order valence-corrected chi connectivity index (χ1v) is 20.5. The van der Waals surface area contributed by atoms with Crippen LogP contribution in [0, 0.1) is 56.2 Å². The van der Waals surface area contributed by atoms with Gasteiger partial charge in [0, 0.05) is 23.8 Å². The molecular formula is C45H67NO7. The first kappa shape index (κ1) is 40.1. The zero-order chi connectivity index (χ0) is 38.9. The van der Waals surface area contributed by atoms with Crippen LogP contribution in [0.5, 0.6) is 0 Å². The third-order valence-electron chi connectivity index (χ3n) is 16.4. The molecule has 294 valence electrons. The Morgan fingerprint density at radius 1 is 0.925 bits per heavy atom. The smallest absolute Gasteiger partial charge is 0.309 e. The van der Waals surface area contributed by atoms with Crippen molar-refractivity contribution in [2.75, 3.05) is 13.2 Å². The number of carboxylic acid groups (broad SMARTS) is 1. The lowest BCUT2D eigenvalue weighted by atomic mass is 9.33. The number of aliphatic hydroxyl groups excluding tert-OH is 2. The Labute approximate surface area is 317 Å². The fourth-order valence-electron chi connectivity index (χ4n) is 13.3. The largest absolute Gasteiger partial charge is 0.481 e. The molecule has 0 aliphatic heterocycles. The predicted octanol–water partition coefficient (Wildman–Crippen LogP) is 8.06. The number of ether oxygens (including phenoxy) is 1. The molecule has 0 saturated heterocycles. The molecule has 5 aliphatic carbocycles. The average Bonchev–Trinajstić information content (AvgIpc) is 3.40. The van der Waals surface area contributed by atoms with E-state index in [1.165, 1.54) is 5.57 Å². The van der Waals surface area contributed by atoms with Gasteiger partial charge in [0.05, 0.1) is 30.6 Å². The highest BCUT2D eigenvalue weighted by Gasteiger charge is 2.70. The van der Waals surface area contributed by atoms with Crippen molar-refractivity contribution in [3.05, 3.63) is 47.0 Å². The summed E-state index contributed by atoms with van der Waals surface area (Å²) >= 11 is 0. The number of aliphatic hydroxyl groups is 2. The Kier molecular flexibility index (Phi) is 10.5. The molecule has 4 N–H and O–H groups in total. The lowest BCUT2D eigenvalue weighted by molar-refractivity contribution is -0.235. The van der Waals surface area contributed by atoms with Gasteiger partial charge in [-0.15, -0.1) is 0 Å². The third-order valence-corrected chi connectivity index (χ3v) is 16.4. The van der Waals surface area contributed by atoms with Crippen LogP contribution < -0.4 is 5.32 Å². The molecule has 0 aromatic heterocycles. The number of benzene rings is 1. The first-order chi connectivity index (χ1) is 24.7. The van der Waals surface area contributed by atoms with Crippen molar-refractivity contribution in [3.63, 3.8) is 0 Å². The van der Waals surface area contributed by atoms with Crippen molar-refractivity contribution in [1.29, 1.82) is 0 Å². The highest BCUT2D eigenvalue weighted by molar-refractivity contribution is 6.00. The minimum atomic E-state index is -1.17. The summed E-state index contributed by atoms with van der Waals surface area (Å²) in [7, 11) is 0. The van der Waals surface area contributed by atoms with E-state index >= 15 is 0 Å². The van der Waals surface area contributed by atoms with E-state index in [0.29, 0.717) is 24.8 Å². The molecule has 1 aromatic rings. The molecule has 0 radical (unpaired) electrons. The number of carbonyl (C=O) groups is 3. The maximum absolute atomic E-state index is 14.1. The van der Waals surface area contributed by atoms with Gasteiger partial charge in [0.25, 0.3) is 0 Å². The summed E-state index contributed by atoms with van der Waals surface area (Å²) in [6, 6.07) is 9.56. The Bertz CT molecular complexity index is 1610. The molecular weight excluding hydrogens is 666 g/mol. The fraction of sp³-hybridized carbons (Fsp3) is 0.756. The summed E-state index contributed by atoms with van der Waals surface area (Å²) in [6.45, 7) is 19.7. The second-order valence-electron chi connectivity index (χ2n) is 20.1. The van der Waals surface area contributed by atoms with Crippen LogP contribution in [0.1, 0.15) is 138 Å². The fourth-order valence-corrected chi connectivity index (χ4v) is 13.3. The number of aliphatic carboxylic acids is 1. The summed E-state index contributed by atoms with van der Waals surface area (Å²) in [5.41, 5.74) is 1.17. The Morgan fingerprint density at radius 3 is 2.23 bits per heavy atom. The van der Waals surface area contributed by atoms with E-state index in [0.717, 1.165) is 62.5 Å². The minimum Gasteiger partial charge on any atom is -0.481 e. The van der Waals surface area contributed by atoms with Gasteiger partial charge < -0.3 is 25.4 Å². The SMILES string of the molecule is CC(C)C1=C2C3CC[C@@H]4[C@@]5(C)CC[C@H](OC(=O)CC(C)(C)C(=O)O)C(C)(C)[C@@H]5CC[C@@]4(C)[C@]3(C)CC[C@@]2([C@H](O)CN[C@@H](CO)c2ccccc2)CC1=O. The van der Waals surface area contributed by atoms with Crippen LogP contribution in [0.3, 0.4) is 0 Å². The topological polar surface area (TPSA) is 133 Å². The van der Waals surface area contributed by atoms with E-state index in [2.05, 4.69) is 53.8 Å². The third kappa shape index (κ3) is 6.25. The first-order valence-electron chi connectivity index (χ1n) is 20.5. The second-order valence-corrected chi connectivity index (χ2v) is 20.1. The van der Waals surface area contributed by atoms with Gasteiger partial charge in [-0.2, -0.15) is 0 Å². The highest BCUT2D eigenvalue weighted by atomic mass is 16.5. The van der Waals surface area contributed by atoms with Crippen LogP contribution >= 0.6 is 0 Å². The second kappa shape index (κ2) is 13.9. The zero-order valence-corrected chi connectivity index (χ0v) is 33.9. The summed E-state index contributed by atoms with van der Waals surface area (Å²) in [4.78, 5) is 38.9. The number of hydrogen-bond acceptors (Lipinski definition) is 7. The summed E-state index contributed by atoms with van der Waals surface area (Å²) in [5, 5.41) is 35.6. The van der Waals surface area contributed by atoms with E-state index in [1.807, 2.05) is 30.3 Å². The zero-order valence-electron chi connectivity index (χ0n) is 33.9. The molecule has 0 spiro atoms. The van der Waals surface area contributed by atoms with Crippen molar-refractivity contribution >= 4 is 17.7 Å². The van der Waals surface area contributed by atoms with Crippen molar-refractivity contribution in [2.45, 2.75) is 145 Å². The predicted molar refractivity (Wildman–Crippen MR) is 206 cm³/mol. The van der Waals surface area contributed by atoms with Crippen LogP contribution in [0.4, 0.5) is 0 Å². The molecule has 4 saturated carbocycles. The van der Waals surface area contributed by atoms with Gasteiger partial charge in [0.1, 0.15) is 6.10 Å². The van der Waals surface area contributed by atoms with E-state index in [9.17, 15) is 29.7 Å². The van der Waals surface area contributed by atoms with Crippen LogP contribution in [-0.4, -0.2) is 58.4 Å². The number of ketones is 1. The number of fused-ring (bicyclic) bond motifs is 7. The van der Waals surface area contributed by atoms with E-state index in [1.54, 1.807) is 13.8 Å². The Hall–Kier alpha value is -2.55. The Balaban J connectivity index is 1.27. The molecule has 6 rings (SSSR count). The molecule has 5 aliphatic rings. The van der Waals surface area contributed by atoms with Crippen LogP contribution in [0.25, 0.3) is 0 Å². The van der Waals surface area contributed by atoms with Crippen molar-refractivity contribution < 1.29 is 34.4 Å². The van der Waals surface area contributed by atoms with Crippen LogP contribution in [-0.2, 0) is 19.1 Å². The molecule has 0 bridgehead atoms. The van der Waals surface area contributed by atoms with Gasteiger partial charge >= 0.3 is 11.9 Å². The highest BCUT2D eigenvalue weighted by Crippen LogP contribution is 2.77. The van der Waals surface area contributed by atoms with Gasteiger partial charge in [-0.05, 0) is 116 Å². The number of rotatable bonds is 11. The van der Waals surface area contributed by atoms with Crippen molar-refractivity contribution in [2.24, 2.45) is 56.2 Å². The molecule has 8 heteroatoms. The van der Waals surface area contributed by atoms with Crippen LogP contribution in [0.2, 0.25) is 0 Å². The maximum Gasteiger partial charge on any atom is 0.309 e. The quantitative estimate of drug-likeness (QED) is 0.168. The molecule has 0 heterocycles. The average molecular weight is 734 g/mol. The molecule has 1 unspecified atom stereocenters. The van der Waals surface area contributed by atoms with Gasteiger partial charge in [-0.3, -0.25) is 14.4 Å². The van der Waals surface area contributed by atoms with E-state index < -0.39 is 28.9 Å². The number of hydrogen-bond donors (Lipinski definition) is 4. The van der Waals surface area contributed by atoms with Gasteiger partial charge in [-0.1, -0.05) is 84.4 Å². The summed E-state index contributed by atoms with van der Waals surface area (Å²) in [5.74, 6) is -0.120. The normalized spacial score (nSPS) is 37.6.